The minimum absolute atomic E-state index is 0.0187. The fraction of sp³-hybridized carbons (Fsp3) is 0.765. The number of nitrogens with zero attached hydrogens (tertiary/aromatic N) is 4. The average molecular weight is 335 g/mol. The number of carbonyl (C=O) groups excluding carboxylic acids is 1. The number of carbonyl (C=O) groups is 1. The van der Waals surface area contributed by atoms with E-state index in [9.17, 15) is 4.79 Å². The highest BCUT2D eigenvalue weighted by molar-refractivity contribution is 5.88. The summed E-state index contributed by atoms with van der Waals surface area (Å²) in [5, 5.41) is 7.28. The first kappa shape index (κ1) is 17.2. The largest absolute Gasteiger partial charge is 0.373 e. The maximum atomic E-state index is 12.7. The molecule has 0 aromatic carbocycles. The standard InChI is InChI=1S/C17H29N5O2/c1-12-8-16(20(4)19-12)18-17(23)22-7-5-6-15(22)11-21-9-13(2)24-14(3)10-21/h8,13-15H,5-7,9-11H2,1-4H3,(H,18,23). The van der Waals surface area contributed by atoms with Gasteiger partial charge in [0.1, 0.15) is 5.82 Å². The van der Waals surface area contributed by atoms with Crippen molar-refractivity contribution in [3.8, 4) is 0 Å². The molecule has 2 fully saturated rings. The van der Waals surface area contributed by atoms with Crippen LogP contribution in [0.1, 0.15) is 32.4 Å². The van der Waals surface area contributed by atoms with E-state index in [4.69, 9.17) is 4.74 Å². The molecule has 0 radical (unpaired) electrons. The highest BCUT2D eigenvalue weighted by Crippen LogP contribution is 2.22. The van der Waals surface area contributed by atoms with Gasteiger partial charge in [-0.2, -0.15) is 5.10 Å². The summed E-state index contributed by atoms with van der Waals surface area (Å²) in [4.78, 5) is 17.1. The smallest absolute Gasteiger partial charge is 0.323 e. The van der Waals surface area contributed by atoms with Crippen LogP contribution >= 0.6 is 0 Å². The second-order valence-corrected chi connectivity index (χ2v) is 7.19. The number of amides is 2. The summed E-state index contributed by atoms with van der Waals surface area (Å²) in [6.07, 6.45) is 2.65. The van der Waals surface area contributed by atoms with Gasteiger partial charge in [0, 0.05) is 45.3 Å². The minimum atomic E-state index is -0.0187. The maximum absolute atomic E-state index is 12.7. The summed E-state index contributed by atoms with van der Waals surface area (Å²) in [7, 11) is 1.85. The van der Waals surface area contributed by atoms with Gasteiger partial charge in [-0.15, -0.1) is 0 Å². The molecule has 2 aliphatic rings. The first-order valence-corrected chi connectivity index (χ1v) is 8.88. The normalized spacial score (nSPS) is 28.3. The monoisotopic (exact) mass is 335 g/mol. The molecule has 0 saturated carbocycles. The van der Waals surface area contributed by atoms with Crippen molar-refractivity contribution < 1.29 is 9.53 Å². The molecule has 7 heteroatoms. The molecule has 1 N–H and O–H groups in total. The Balaban J connectivity index is 1.60. The third-order valence-corrected chi connectivity index (χ3v) is 4.84. The lowest BCUT2D eigenvalue weighted by atomic mass is 10.1. The number of hydrogen-bond acceptors (Lipinski definition) is 4. The molecule has 3 unspecified atom stereocenters. The molecule has 1 aromatic heterocycles. The lowest BCUT2D eigenvalue weighted by Crippen LogP contribution is -2.51. The molecule has 1 aromatic rings. The van der Waals surface area contributed by atoms with E-state index in [1.807, 2.05) is 24.9 Å². The summed E-state index contributed by atoms with van der Waals surface area (Å²) in [5.74, 6) is 0.747. The minimum Gasteiger partial charge on any atom is -0.373 e. The van der Waals surface area contributed by atoms with E-state index in [-0.39, 0.29) is 24.3 Å². The van der Waals surface area contributed by atoms with Crippen LogP contribution in [0.4, 0.5) is 10.6 Å². The number of aryl methyl sites for hydroxylation is 2. The van der Waals surface area contributed by atoms with Gasteiger partial charge in [0.05, 0.1) is 17.9 Å². The average Bonchev–Trinajstić information content (AvgIpc) is 3.04. The predicted molar refractivity (Wildman–Crippen MR) is 93.1 cm³/mol. The van der Waals surface area contributed by atoms with Gasteiger partial charge in [0.25, 0.3) is 0 Å². The van der Waals surface area contributed by atoms with Crippen LogP contribution in [0.5, 0.6) is 0 Å². The number of anilines is 1. The number of rotatable bonds is 3. The van der Waals surface area contributed by atoms with Crippen LogP contribution in [0.15, 0.2) is 6.07 Å². The molecule has 24 heavy (non-hydrogen) atoms. The zero-order valence-electron chi connectivity index (χ0n) is 15.2. The molecule has 3 atom stereocenters. The van der Waals surface area contributed by atoms with E-state index in [1.165, 1.54) is 0 Å². The van der Waals surface area contributed by atoms with Gasteiger partial charge in [-0.1, -0.05) is 0 Å². The molecule has 2 amide bonds. The van der Waals surface area contributed by atoms with Crippen LogP contribution in [0.2, 0.25) is 0 Å². The topological polar surface area (TPSA) is 62.6 Å². The van der Waals surface area contributed by atoms with E-state index in [1.54, 1.807) is 4.68 Å². The number of nitrogens with one attached hydrogen (secondary N) is 1. The van der Waals surface area contributed by atoms with Gasteiger partial charge < -0.3 is 9.64 Å². The van der Waals surface area contributed by atoms with Crippen LogP contribution in [0.3, 0.4) is 0 Å². The van der Waals surface area contributed by atoms with Crippen molar-refractivity contribution in [1.29, 1.82) is 0 Å². The summed E-state index contributed by atoms with van der Waals surface area (Å²) in [6.45, 7) is 9.79. The number of ether oxygens (including phenoxy) is 1. The van der Waals surface area contributed by atoms with Crippen LogP contribution in [0, 0.1) is 6.92 Å². The summed E-state index contributed by atoms with van der Waals surface area (Å²) < 4.78 is 7.52. The Morgan fingerprint density at radius 3 is 2.71 bits per heavy atom. The maximum Gasteiger partial charge on any atom is 0.323 e. The van der Waals surface area contributed by atoms with Crippen molar-refractivity contribution in [1.82, 2.24) is 19.6 Å². The summed E-state index contributed by atoms with van der Waals surface area (Å²) in [6, 6.07) is 2.15. The summed E-state index contributed by atoms with van der Waals surface area (Å²) in [5.41, 5.74) is 0.905. The Bertz CT molecular complexity index is 578. The lowest BCUT2D eigenvalue weighted by Gasteiger charge is -2.38. The molecule has 7 nitrogen and oxygen atoms in total. The molecular weight excluding hydrogens is 306 g/mol. The molecule has 0 aliphatic carbocycles. The molecule has 0 spiro atoms. The van der Waals surface area contributed by atoms with E-state index < -0.39 is 0 Å². The van der Waals surface area contributed by atoms with E-state index >= 15 is 0 Å². The highest BCUT2D eigenvalue weighted by atomic mass is 16.5. The van der Waals surface area contributed by atoms with Crippen molar-refractivity contribution in [3.05, 3.63) is 11.8 Å². The summed E-state index contributed by atoms with van der Waals surface area (Å²) >= 11 is 0. The Labute approximate surface area is 143 Å². The van der Waals surface area contributed by atoms with Gasteiger partial charge in [0.2, 0.25) is 0 Å². The van der Waals surface area contributed by atoms with Gasteiger partial charge in [0.15, 0.2) is 0 Å². The zero-order valence-corrected chi connectivity index (χ0v) is 15.2. The highest BCUT2D eigenvalue weighted by Gasteiger charge is 2.32. The number of hydrogen-bond donors (Lipinski definition) is 1. The molecule has 3 heterocycles. The third kappa shape index (κ3) is 3.89. The van der Waals surface area contributed by atoms with Gasteiger partial charge in [-0.05, 0) is 33.6 Å². The second-order valence-electron chi connectivity index (χ2n) is 7.19. The Morgan fingerprint density at radius 2 is 2.08 bits per heavy atom. The Hall–Kier alpha value is -1.60. The van der Waals surface area contributed by atoms with E-state index in [0.717, 1.165) is 50.5 Å². The van der Waals surface area contributed by atoms with Crippen molar-refractivity contribution in [3.63, 3.8) is 0 Å². The van der Waals surface area contributed by atoms with Gasteiger partial charge in [-0.25, -0.2) is 4.79 Å². The van der Waals surface area contributed by atoms with E-state index in [2.05, 4.69) is 29.2 Å². The number of likely N-dealkylation sites (tertiary alicyclic amines) is 1. The molecule has 2 aliphatic heterocycles. The van der Waals surface area contributed by atoms with Gasteiger partial charge in [-0.3, -0.25) is 14.9 Å². The zero-order chi connectivity index (χ0) is 17.3. The first-order chi connectivity index (χ1) is 11.4. The predicted octanol–water partition coefficient (Wildman–Crippen LogP) is 1.83. The molecule has 134 valence electrons. The van der Waals surface area contributed by atoms with Crippen LogP contribution in [0.25, 0.3) is 0 Å². The second kappa shape index (κ2) is 7.11. The van der Waals surface area contributed by atoms with E-state index in [0.29, 0.717) is 0 Å². The first-order valence-electron chi connectivity index (χ1n) is 8.88. The number of aromatic nitrogens is 2. The molecule has 0 bridgehead atoms. The third-order valence-electron chi connectivity index (χ3n) is 4.84. The molecular formula is C17H29N5O2. The molecule has 3 rings (SSSR count). The van der Waals surface area contributed by atoms with Crippen molar-refractivity contribution >= 4 is 11.8 Å². The van der Waals surface area contributed by atoms with Crippen LogP contribution < -0.4 is 5.32 Å². The fourth-order valence-electron chi connectivity index (χ4n) is 3.93. The van der Waals surface area contributed by atoms with Crippen molar-refractivity contribution in [2.45, 2.75) is 51.9 Å². The lowest BCUT2D eigenvalue weighted by molar-refractivity contribution is -0.0712. The van der Waals surface area contributed by atoms with Crippen molar-refractivity contribution in [2.75, 3.05) is 31.5 Å². The van der Waals surface area contributed by atoms with Crippen LogP contribution in [-0.2, 0) is 11.8 Å². The molecule has 2 saturated heterocycles. The SMILES string of the molecule is Cc1cc(NC(=O)N2CCCC2CN2CC(C)OC(C)C2)n(C)n1. The number of urea groups is 1. The quantitative estimate of drug-likeness (QED) is 0.915. The number of morpholine rings is 1. The van der Waals surface area contributed by atoms with Gasteiger partial charge >= 0.3 is 6.03 Å². The fourth-order valence-corrected chi connectivity index (χ4v) is 3.93. The Kier molecular flexibility index (Phi) is 5.10. The Morgan fingerprint density at radius 1 is 1.38 bits per heavy atom. The van der Waals surface area contributed by atoms with Crippen LogP contribution in [-0.4, -0.2) is 70.0 Å². The van der Waals surface area contributed by atoms with Crippen molar-refractivity contribution in [2.24, 2.45) is 7.05 Å².